The third-order valence-corrected chi connectivity index (χ3v) is 3.10. The van der Waals surface area contributed by atoms with Crippen LogP contribution < -0.4 is 0 Å². The molecule has 0 aliphatic rings. The topological polar surface area (TPSA) is 55.1 Å². The zero-order valence-corrected chi connectivity index (χ0v) is 10.9. The highest BCUT2D eigenvalue weighted by Gasteiger charge is 2.16. The molecular weight excluding hydrogens is 247 g/mol. The smallest absolute Gasteiger partial charge is 0.303 e. The molecule has 0 radical (unpaired) electrons. The second kappa shape index (κ2) is 5.22. The van der Waals surface area contributed by atoms with Gasteiger partial charge in [0, 0.05) is 24.7 Å². The maximum absolute atomic E-state index is 13.3. The molecule has 0 bridgehead atoms. The van der Waals surface area contributed by atoms with Crippen molar-refractivity contribution < 1.29 is 14.3 Å². The summed E-state index contributed by atoms with van der Waals surface area (Å²) in [7, 11) is 1.79. The predicted molar refractivity (Wildman–Crippen MR) is 69.3 cm³/mol. The van der Waals surface area contributed by atoms with E-state index in [0.717, 1.165) is 16.8 Å². The second-order valence-electron chi connectivity index (χ2n) is 4.43. The average Bonchev–Trinajstić information content (AvgIpc) is 2.63. The van der Waals surface area contributed by atoms with Crippen LogP contribution in [-0.2, 0) is 18.3 Å². The number of nitrogens with zero attached hydrogens (tertiary/aromatic N) is 2. The minimum absolute atomic E-state index is 0.0127. The molecule has 1 N–H and O–H groups in total. The molecule has 1 aromatic heterocycles. The molecule has 0 aliphatic carbocycles. The van der Waals surface area contributed by atoms with Gasteiger partial charge in [0.05, 0.1) is 12.1 Å². The van der Waals surface area contributed by atoms with Crippen LogP contribution >= 0.6 is 0 Å². The van der Waals surface area contributed by atoms with Crippen molar-refractivity contribution in [3.63, 3.8) is 0 Å². The zero-order valence-electron chi connectivity index (χ0n) is 10.9. The quantitative estimate of drug-likeness (QED) is 0.921. The second-order valence-corrected chi connectivity index (χ2v) is 4.43. The standard InChI is InChI=1S/C14H15FN2O2/c1-9-14(10-4-3-5-11(15)8-10)12(16-17(9)2)6-7-13(18)19/h3-5,8H,6-7H2,1-2H3,(H,18,19). The number of hydrogen-bond acceptors (Lipinski definition) is 2. The van der Waals surface area contributed by atoms with Crippen LogP contribution in [0.2, 0.25) is 0 Å². The molecule has 4 nitrogen and oxygen atoms in total. The monoisotopic (exact) mass is 262 g/mol. The first-order chi connectivity index (χ1) is 8.99. The van der Waals surface area contributed by atoms with E-state index in [1.807, 2.05) is 6.92 Å². The molecule has 0 spiro atoms. The first-order valence-electron chi connectivity index (χ1n) is 5.99. The Kier molecular flexibility index (Phi) is 3.64. The van der Waals surface area contributed by atoms with Gasteiger partial charge in [-0.25, -0.2) is 4.39 Å². The molecule has 0 saturated carbocycles. The molecule has 19 heavy (non-hydrogen) atoms. The number of aliphatic carboxylic acids is 1. The van der Waals surface area contributed by atoms with Crippen LogP contribution in [-0.4, -0.2) is 20.9 Å². The summed E-state index contributed by atoms with van der Waals surface area (Å²) in [5.41, 5.74) is 3.13. The summed E-state index contributed by atoms with van der Waals surface area (Å²) in [5.74, 6) is -1.18. The van der Waals surface area contributed by atoms with Crippen molar-refractivity contribution in [3.05, 3.63) is 41.5 Å². The summed E-state index contributed by atoms with van der Waals surface area (Å²) in [6, 6.07) is 6.26. The van der Waals surface area contributed by atoms with E-state index < -0.39 is 5.97 Å². The maximum Gasteiger partial charge on any atom is 0.303 e. The fourth-order valence-corrected chi connectivity index (χ4v) is 2.10. The van der Waals surface area contributed by atoms with Crippen molar-refractivity contribution >= 4 is 5.97 Å². The minimum atomic E-state index is -0.867. The number of carboxylic acids is 1. The molecule has 1 aromatic carbocycles. The van der Waals surface area contributed by atoms with Crippen LogP contribution in [0.1, 0.15) is 17.8 Å². The lowest BCUT2D eigenvalue weighted by atomic mass is 10.0. The summed E-state index contributed by atoms with van der Waals surface area (Å²) in [5, 5.41) is 13.1. The fraction of sp³-hybridized carbons (Fsp3) is 0.286. The highest BCUT2D eigenvalue weighted by molar-refractivity contribution is 5.71. The molecule has 0 atom stereocenters. The van der Waals surface area contributed by atoms with Crippen molar-refractivity contribution in [1.29, 1.82) is 0 Å². The van der Waals surface area contributed by atoms with Gasteiger partial charge in [-0.15, -0.1) is 0 Å². The number of rotatable bonds is 4. The van der Waals surface area contributed by atoms with Crippen molar-refractivity contribution in [2.45, 2.75) is 19.8 Å². The van der Waals surface area contributed by atoms with Crippen LogP contribution in [0.4, 0.5) is 4.39 Å². The van der Waals surface area contributed by atoms with Gasteiger partial charge in [-0.2, -0.15) is 5.10 Å². The summed E-state index contributed by atoms with van der Waals surface area (Å²) in [6.45, 7) is 1.89. The summed E-state index contributed by atoms with van der Waals surface area (Å²) >= 11 is 0. The third-order valence-electron chi connectivity index (χ3n) is 3.10. The SMILES string of the molecule is Cc1c(-c2cccc(F)c2)c(CCC(=O)O)nn1C. The molecule has 0 amide bonds. The largest absolute Gasteiger partial charge is 0.481 e. The lowest BCUT2D eigenvalue weighted by Gasteiger charge is -2.04. The predicted octanol–water partition coefficient (Wildman–Crippen LogP) is 2.55. The summed E-state index contributed by atoms with van der Waals surface area (Å²) in [6.07, 6.45) is 0.349. The van der Waals surface area contributed by atoms with E-state index in [2.05, 4.69) is 5.10 Å². The first-order valence-corrected chi connectivity index (χ1v) is 5.99. The van der Waals surface area contributed by atoms with E-state index in [1.54, 1.807) is 23.9 Å². The van der Waals surface area contributed by atoms with Gasteiger partial charge >= 0.3 is 5.97 Å². The Labute approximate surface area is 110 Å². The van der Waals surface area contributed by atoms with Gasteiger partial charge in [-0.05, 0) is 24.6 Å². The van der Waals surface area contributed by atoms with E-state index in [1.165, 1.54) is 12.1 Å². The molecule has 0 saturated heterocycles. The number of hydrogen-bond donors (Lipinski definition) is 1. The lowest BCUT2D eigenvalue weighted by molar-refractivity contribution is -0.136. The Morgan fingerprint density at radius 3 is 2.84 bits per heavy atom. The highest BCUT2D eigenvalue weighted by Crippen LogP contribution is 2.28. The van der Waals surface area contributed by atoms with Gasteiger partial charge in [0.25, 0.3) is 0 Å². The fourth-order valence-electron chi connectivity index (χ4n) is 2.10. The van der Waals surface area contributed by atoms with E-state index >= 15 is 0 Å². The van der Waals surface area contributed by atoms with Crippen molar-refractivity contribution in [1.82, 2.24) is 9.78 Å². The Balaban J connectivity index is 2.46. The highest BCUT2D eigenvalue weighted by atomic mass is 19.1. The van der Waals surface area contributed by atoms with Gasteiger partial charge in [-0.1, -0.05) is 12.1 Å². The van der Waals surface area contributed by atoms with Crippen LogP contribution in [0.3, 0.4) is 0 Å². The Morgan fingerprint density at radius 2 is 2.21 bits per heavy atom. The van der Waals surface area contributed by atoms with E-state index in [-0.39, 0.29) is 12.2 Å². The number of carboxylic acid groups (broad SMARTS) is 1. The van der Waals surface area contributed by atoms with E-state index in [9.17, 15) is 9.18 Å². The Bertz CT molecular complexity index is 620. The molecule has 2 rings (SSSR count). The molecule has 5 heteroatoms. The normalized spacial score (nSPS) is 10.7. The van der Waals surface area contributed by atoms with Gasteiger partial charge in [0.15, 0.2) is 0 Å². The average molecular weight is 262 g/mol. The third kappa shape index (κ3) is 2.81. The molecule has 2 aromatic rings. The van der Waals surface area contributed by atoms with Crippen LogP contribution in [0.15, 0.2) is 24.3 Å². The number of halogens is 1. The first kappa shape index (κ1) is 13.3. The molecule has 100 valence electrons. The van der Waals surface area contributed by atoms with Gasteiger partial charge in [0.1, 0.15) is 5.82 Å². The summed E-state index contributed by atoms with van der Waals surface area (Å²) < 4.78 is 15.0. The van der Waals surface area contributed by atoms with E-state index in [4.69, 9.17) is 5.11 Å². The number of carbonyl (C=O) groups is 1. The zero-order chi connectivity index (χ0) is 14.0. The van der Waals surface area contributed by atoms with E-state index in [0.29, 0.717) is 12.1 Å². The van der Waals surface area contributed by atoms with Crippen LogP contribution in [0.5, 0.6) is 0 Å². The Hall–Kier alpha value is -2.17. The lowest BCUT2D eigenvalue weighted by Crippen LogP contribution is -1.99. The maximum atomic E-state index is 13.3. The molecular formula is C14H15FN2O2. The Morgan fingerprint density at radius 1 is 1.47 bits per heavy atom. The number of aromatic nitrogens is 2. The van der Waals surface area contributed by atoms with Crippen LogP contribution in [0, 0.1) is 12.7 Å². The van der Waals surface area contributed by atoms with Gasteiger partial charge in [-0.3, -0.25) is 9.48 Å². The van der Waals surface area contributed by atoms with Crippen molar-refractivity contribution in [2.75, 3.05) is 0 Å². The van der Waals surface area contributed by atoms with Crippen molar-refractivity contribution in [2.24, 2.45) is 7.05 Å². The molecule has 0 fully saturated rings. The van der Waals surface area contributed by atoms with Crippen LogP contribution in [0.25, 0.3) is 11.1 Å². The molecule has 0 unspecified atom stereocenters. The van der Waals surface area contributed by atoms with Crippen molar-refractivity contribution in [3.8, 4) is 11.1 Å². The minimum Gasteiger partial charge on any atom is -0.481 e. The summed E-state index contributed by atoms with van der Waals surface area (Å²) in [4.78, 5) is 10.7. The molecule has 0 aliphatic heterocycles. The number of aryl methyl sites for hydroxylation is 2. The van der Waals surface area contributed by atoms with Gasteiger partial charge in [0.2, 0.25) is 0 Å². The molecule has 1 heterocycles. The number of benzene rings is 1. The van der Waals surface area contributed by atoms with Gasteiger partial charge < -0.3 is 5.11 Å².